The number of amides is 1. The van der Waals surface area contributed by atoms with E-state index in [0.717, 1.165) is 48.4 Å². The van der Waals surface area contributed by atoms with Gasteiger partial charge in [-0.3, -0.25) is 14.6 Å². The molecule has 1 aliphatic rings. The van der Waals surface area contributed by atoms with Crippen molar-refractivity contribution in [3.05, 3.63) is 69.0 Å². The molecule has 2 heterocycles. The Hall–Kier alpha value is -2.87. The molecule has 1 aliphatic heterocycles. The Morgan fingerprint density at radius 3 is 2.58 bits per heavy atom. The molecular formula is C25H28ClN3O4. The van der Waals surface area contributed by atoms with E-state index in [2.05, 4.69) is 15.1 Å². The molecule has 0 unspecified atom stereocenters. The predicted molar refractivity (Wildman–Crippen MR) is 130 cm³/mol. The maximum Gasteiger partial charge on any atom is 0.336 e. The molecule has 33 heavy (non-hydrogen) atoms. The van der Waals surface area contributed by atoms with Crippen LogP contribution in [0.2, 0.25) is 5.02 Å². The summed E-state index contributed by atoms with van der Waals surface area (Å²) in [5.74, 6) is 0.675. The van der Waals surface area contributed by atoms with Crippen LogP contribution >= 0.6 is 11.6 Å². The summed E-state index contributed by atoms with van der Waals surface area (Å²) in [5, 5.41) is 4.32. The van der Waals surface area contributed by atoms with Gasteiger partial charge < -0.3 is 14.5 Å². The highest BCUT2D eigenvalue weighted by molar-refractivity contribution is 6.33. The van der Waals surface area contributed by atoms with Gasteiger partial charge in [0.15, 0.2) is 0 Å². The van der Waals surface area contributed by atoms with E-state index in [1.807, 2.05) is 44.2 Å². The van der Waals surface area contributed by atoms with Crippen LogP contribution < -0.4 is 15.7 Å². The standard InChI is InChI=1S/C25H28ClN3O4/c1-3-32-19-5-7-23-20(14-19)18(13-25(31)33-23)15-28-8-10-29(11-9-28)16-24(30)27-22-6-4-17(2)12-21(22)26/h4-7,12-14H,3,8-11,15-16H2,1-2H3,(H,27,30). The number of benzene rings is 2. The van der Waals surface area contributed by atoms with Crippen molar-refractivity contribution >= 4 is 34.2 Å². The highest BCUT2D eigenvalue weighted by atomic mass is 35.5. The number of halogens is 1. The van der Waals surface area contributed by atoms with Gasteiger partial charge in [0, 0.05) is 44.2 Å². The lowest BCUT2D eigenvalue weighted by Gasteiger charge is -2.34. The minimum atomic E-state index is -0.355. The third-order valence-electron chi connectivity index (χ3n) is 5.74. The Morgan fingerprint density at radius 2 is 1.85 bits per heavy atom. The van der Waals surface area contributed by atoms with Crippen LogP contribution in [-0.2, 0) is 11.3 Å². The summed E-state index contributed by atoms with van der Waals surface area (Å²) in [6.07, 6.45) is 0. The highest BCUT2D eigenvalue weighted by Crippen LogP contribution is 2.25. The minimum absolute atomic E-state index is 0.0793. The van der Waals surface area contributed by atoms with E-state index >= 15 is 0 Å². The van der Waals surface area contributed by atoms with E-state index in [1.165, 1.54) is 0 Å². The fraction of sp³-hybridized carbons (Fsp3) is 0.360. The molecule has 174 valence electrons. The smallest absolute Gasteiger partial charge is 0.336 e. The summed E-state index contributed by atoms with van der Waals surface area (Å²) >= 11 is 6.22. The lowest BCUT2D eigenvalue weighted by Crippen LogP contribution is -2.48. The molecule has 2 aromatic carbocycles. The van der Waals surface area contributed by atoms with Crippen LogP contribution in [-0.4, -0.2) is 55.0 Å². The molecule has 7 nitrogen and oxygen atoms in total. The Bertz CT molecular complexity index is 1200. The van der Waals surface area contributed by atoms with Gasteiger partial charge in [0.05, 0.1) is 23.9 Å². The second-order valence-corrected chi connectivity index (χ2v) is 8.67. The zero-order valence-electron chi connectivity index (χ0n) is 18.9. The van der Waals surface area contributed by atoms with E-state index < -0.39 is 0 Å². The van der Waals surface area contributed by atoms with Crippen LogP contribution in [0.3, 0.4) is 0 Å². The van der Waals surface area contributed by atoms with Crippen LogP contribution in [0.5, 0.6) is 5.75 Å². The fourth-order valence-electron chi connectivity index (χ4n) is 4.05. The van der Waals surface area contributed by atoms with Gasteiger partial charge in [-0.05, 0) is 55.3 Å². The summed E-state index contributed by atoms with van der Waals surface area (Å²) in [4.78, 5) is 28.9. The number of nitrogens with one attached hydrogen (secondary N) is 1. The van der Waals surface area contributed by atoms with Gasteiger partial charge in [0.1, 0.15) is 11.3 Å². The molecule has 0 atom stereocenters. The van der Waals surface area contributed by atoms with Crippen molar-refractivity contribution in [1.82, 2.24) is 9.80 Å². The molecule has 0 radical (unpaired) electrons. The molecule has 1 fully saturated rings. The molecule has 1 saturated heterocycles. The number of aryl methyl sites for hydroxylation is 1. The summed E-state index contributed by atoms with van der Waals surface area (Å²) in [6.45, 7) is 8.53. The first-order valence-electron chi connectivity index (χ1n) is 11.1. The van der Waals surface area contributed by atoms with Crippen molar-refractivity contribution in [3.8, 4) is 5.75 Å². The SMILES string of the molecule is CCOc1ccc2oc(=O)cc(CN3CCN(CC(=O)Nc4ccc(C)cc4Cl)CC3)c2c1. The first kappa shape index (κ1) is 23.3. The molecule has 8 heteroatoms. The Kier molecular flexibility index (Phi) is 7.33. The number of carbonyl (C=O) groups excluding carboxylic acids is 1. The topological polar surface area (TPSA) is 75.0 Å². The van der Waals surface area contributed by atoms with Gasteiger partial charge >= 0.3 is 5.63 Å². The number of carbonyl (C=O) groups is 1. The number of piperazine rings is 1. The minimum Gasteiger partial charge on any atom is -0.494 e. The van der Waals surface area contributed by atoms with Crippen LogP contribution in [0.15, 0.2) is 51.7 Å². The van der Waals surface area contributed by atoms with E-state index in [4.69, 9.17) is 20.8 Å². The fourth-order valence-corrected chi connectivity index (χ4v) is 4.34. The zero-order chi connectivity index (χ0) is 23.4. The second kappa shape index (κ2) is 10.4. The maximum absolute atomic E-state index is 12.5. The van der Waals surface area contributed by atoms with E-state index in [1.54, 1.807) is 12.1 Å². The molecule has 1 aromatic heterocycles. The zero-order valence-corrected chi connectivity index (χ0v) is 19.7. The molecule has 1 N–H and O–H groups in total. The van der Waals surface area contributed by atoms with Gasteiger partial charge in [0.2, 0.25) is 5.91 Å². The first-order valence-corrected chi connectivity index (χ1v) is 11.5. The van der Waals surface area contributed by atoms with Crippen molar-refractivity contribution in [3.63, 3.8) is 0 Å². The molecule has 3 aromatic rings. The normalized spacial score (nSPS) is 15.0. The van der Waals surface area contributed by atoms with Gasteiger partial charge in [-0.2, -0.15) is 0 Å². The average Bonchev–Trinajstić information content (AvgIpc) is 2.77. The van der Waals surface area contributed by atoms with Crippen molar-refractivity contribution < 1.29 is 13.9 Å². The monoisotopic (exact) mass is 469 g/mol. The van der Waals surface area contributed by atoms with Crippen molar-refractivity contribution in [1.29, 1.82) is 0 Å². The van der Waals surface area contributed by atoms with Crippen molar-refractivity contribution in [2.45, 2.75) is 20.4 Å². The predicted octanol–water partition coefficient (Wildman–Crippen LogP) is 3.91. The van der Waals surface area contributed by atoms with Crippen molar-refractivity contribution in [2.24, 2.45) is 0 Å². The Labute approximate surface area is 197 Å². The van der Waals surface area contributed by atoms with Crippen LogP contribution in [0.25, 0.3) is 11.0 Å². The Morgan fingerprint density at radius 1 is 1.09 bits per heavy atom. The molecule has 0 bridgehead atoms. The second-order valence-electron chi connectivity index (χ2n) is 8.27. The molecule has 1 amide bonds. The quantitative estimate of drug-likeness (QED) is 0.529. The number of fused-ring (bicyclic) bond motifs is 1. The number of hydrogen-bond donors (Lipinski definition) is 1. The number of anilines is 1. The van der Waals surface area contributed by atoms with Gasteiger partial charge in [-0.25, -0.2) is 4.79 Å². The number of hydrogen-bond acceptors (Lipinski definition) is 6. The summed E-state index contributed by atoms with van der Waals surface area (Å²) < 4.78 is 11.0. The van der Waals surface area contributed by atoms with E-state index in [9.17, 15) is 9.59 Å². The number of rotatable bonds is 7. The van der Waals surface area contributed by atoms with Gasteiger partial charge in [-0.15, -0.1) is 0 Å². The summed E-state index contributed by atoms with van der Waals surface area (Å²) in [7, 11) is 0. The third-order valence-corrected chi connectivity index (χ3v) is 6.05. The molecule has 0 aliphatic carbocycles. The van der Waals surface area contributed by atoms with Crippen LogP contribution in [0.4, 0.5) is 5.69 Å². The van der Waals surface area contributed by atoms with E-state index in [0.29, 0.717) is 36.0 Å². The molecule has 4 rings (SSSR count). The molecule has 0 saturated carbocycles. The lowest BCUT2D eigenvalue weighted by molar-refractivity contribution is -0.117. The third kappa shape index (κ3) is 5.93. The summed E-state index contributed by atoms with van der Waals surface area (Å²) in [5.41, 5.74) is 2.81. The van der Waals surface area contributed by atoms with Crippen LogP contribution in [0.1, 0.15) is 18.1 Å². The summed E-state index contributed by atoms with van der Waals surface area (Å²) in [6, 6.07) is 12.7. The largest absolute Gasteiger partial charge is 0.494 e. The molecular weight excluding hydrogens is 442 g/mol. The van der Waals surface area contributed by atoms with Gasteiger partial charge in [0.25, 0.3) is 0 Å². The number of ether oxygens (including phenoxy) is 1. The number of nitrogens with zero attached hydrogens (tertiary/aromatic N) is 2. The van der Waals surface area contributed by atoms with E-state index in [-0.39, 0.29) is 11.5 Å². The Balaban J connectivity index is 1.35. The molecule has 0 spiro atoms. The first-order chi connectivity index (χ1) is 15.9. The lowest BCUT2D eigenvalue weighted by atomic mass is 10.1. The van der Waals surface area contributed by atoms with Crippen LogP contribution in [0, 0.1) is 6.92 Å². The van der Waals surface area contributed by atoms with Crippen molar-refractivity contribution in [2.75, 3.05) is 44.6 Å². The average molecular weight is 470 g/mol. The van der Waals surface area contributed by atoms with Gasteiger partial charge in [-0.1, -0.05) is 17.7 Å². The highest BCUT2D eigenvalue weighted by Gasteiger charge is 2.20. The maximum atomic E-state index is 12.5.